The van der Waals surface area contributed by atoms with Gasteiger partial charge < -0.3 is 5.32 Å². The molecule has 0 saturated carbocycles. The SMILES string of the molecule is O=C(Nc1cc(Cl)ccc1F)c1ccc2cn[nH]c2c1. The van der Waals surface area contributed by atoms with E-state index in [2.05, 4.69) is 15.5 Å². The molecule has 2 aromatic carbocycles. The van der Waals surface area contributed by atoms with E-state index in [1.165, 1.54) is 18.2 Å². The summed E-state index contributed by atoms with van der Waals surface area (Å²) in [6.45, 7) is 0. The van der Waals surface area contributed by atoms with Gasteiger partial charge in [-0.15, -0.1) is 0 Å². The van der Waals surface area contributed by atoms with Crippen LogP contribution in [-0.2, 0) is 0 Å². The summed E-state index contributed by atoms with van der Waals surface area (Å²) in [6, 6.07) is 9.06. The highest BCUT2D eigenvalue weighted by Crippen LogP contribution is 2.21. The molecule has 0 spiro atoms. The number of amides is 1. The van der Waals surface area contributed by atoms with Crippen molar-refractivity contribution in [2.24, 2.45) is 0 Å². The smallest absolute Gasteiger partial charge is 0.255 e. The van der Waals surface area contributed by atoms with Crippen LogP contribution in [0.2, 0.25) is 5.02 Å². The minimum absolute atomic E-state index is 0.0483. The molecule has 0 bridgehead atoms. The van der Waals surface area contributed by atoms with E-state index in [1.807, 2.05) is 0 Å². The van der Waals surface area contributed by atoms with Gasteiger partial charge in [-0.05, 0) is 30.3 Å². The number of anilines is 1. The Bertz CT molecular complexity index is 800. The van der Waals surface area contributed by atoms with Gasteiger partial charge in [-0.3, -0.25) is 9.89 Å². The molecule has 0 aliphatic heterocycles. The molecular weight excluding hydrogens is 281 g/mol. The maximum absolute atomic E-state index is 13.6. The molecule has 1 amide bonds. The molecule has 0 saturated heterocycles. The molecule has 100 valence electrons. The van der Waals surface area contributed by atoms with Crippen molar-refractivity contribution in [2.75, 3.05) is 5.32 Å². The average Bonchev–Trinajstić information content (AvgIpc) is 2.90. The van der Waals surface area contributed by atoms with Crippen LogP contribution in [0.25, 0.3) is 10.9 Å². The monoisotopic (exact) mass is 289 g/mol. The Kier molecular flexibility index (Phi) is 3.12. The molecule has 0 aliphatic carbocycles. The number of aromatic nitrogens is 2. The Balaban J connectivity index is 1.90. The molecule has 1 aromatic heterocycles. The van der Waals surface area contributed by atoms with E-state index in [0.29, 0.717) is 10.6 Å². The number of halogens is 2. The van der Waals surface area contributed by atoms with Crippen LogP contribution in [0.3, 0.4) is 0 Å². The molecule has 6 heteroatoms. The zero-order valence-electron chi connectivity index (χ0n) is 10.2. The first kappa shape index (κ1) is 12.6. The van der Waals surface area contributed by atoms with Crippen molar-refractivity contribution in [3.8, 4) is 0 Å². The van der Waals surface area contributed by atoms with Crippen LogP contribution in [0, 0.1) is 5.82 Å². The molecule has 2 N–H and O–H groups in total. The van der Waals surface area contributed by atoms with Gasteiger partial charge in [0.05, 0.1) is 17.4 Å². The van der Waals surface area contributed by atoms with Crippen LogP contribution in [0.5, 0.6) is 0 Å². The Hall–Kier alpha value is -2.40. The number of carbonyl (C=O) groups excluding carboxylic acids is 1. The van der Waals surface area contributed by atoms with Crippen LogP contribution < -0.4 is 5.32 Å². The van der Waals surface area contributed by atoms with Crippen molar-refractivity contribution in [3.05, 3.63) is 59.0 Å². The summed E-state index contributed by atoms with van der Waals surface area (Å²) < 4.78 is 13.6. The van der Waals surface area contributed by atoms with Crippen molar-refractivity contribution in [2.45, 2.75) is 0 Å². The van der Waals surface area contributed by atoms with E-state index in [1.54, 1.807) is 24.4 Å². The van der Waals surface area contributed by atoms with Gasteiger partial charge in [0, 0.05) is 16.0 Å². The van der Waals surface area contributed by atoms with Crippen molar-refractivity contribution in [3.63, 3.8) is 0 Å². The molecular formula is C14H9ClFN3O. The lowest BCUT2D eigenvalue weighted by molar-refractivity contribution is 0.102. The van der Waals surface area contributed by atoms with Gasteiger partial charge in [0.1, 0.15) is 5.82 Å². The predicted molar refractivity (Wildman–Crippen MR) is 75.5 cm³/mol. The fraction of sp³-hybridized carbons (Fsp3) is 0. The largest absolute Gasteiger partial charge is 0.319 e. The zero-order valence-corrected chi connectivity index (χ0v) is 10.9. The number of fused-ring (bicyclic) bond motifs is 1. The summed E-state index contributed by atoms with van der Waals surface area (Å²) in [5.74, 6) is -0.951. The number of aromatic amines is 1. The highest BCUT2D eigenvalue weighted by molar-refractivity contribution is 6.31. The number of nitrogens with one attached hydrogen (secondary N) is 2. The fourth-order valence-corrected chi connectivity index (χ4v) is 2.04. The fourth-order valence-electron chi connectivity index (χ4n) is 1.87. The molecule has 1 heterocycles. The van der Waals surface area contributed by atoms with Crippen molar-refractivity contribution in [1.82, 2.24) is 10.2 Å². The van der Waals surface area contributed by atoms with Crippen LogP contribution in [0.15, 0.2) is 42.6 Å². The van der Waals surface area contributed by atoms with Crippen LogP contribution in [0.4, 0.5) is 10.1 Å². The summed E-state index contributed by atoms with van der Waals surface area (Å²) in [4.78, 5) is 12.1. The zero-order chi connectivity index (χ0) is 14.1. The molecule has 0 radical (unpaired) electrons. The lowest BCUT2D eigenvalue weighted by Crippen LogP contribution is -2.12. The van der Waals surface area contributed by atoms with E-state index in [4.69, 9.17) is 11.6 Å². The van der Waals surface area contributed by atoms with Gasteiger partial charge in [0.2, 0.25) is 0 Å². The minimum Gasteiger partial charge on any atom is -0.319 e. The maximum Gasteiger partial charge on any atom is 0.255 e. The second kappa shape index (κ2) is 4.94. The van der Waals surface area contributed by atoms with Crippen LogP contribution in [0.1, 0.15) is 10.4 Å². The van der Waals surface area contributed by atoms with Gasteiger partial charge in [0.15, 0.2) is 0 Å². The third kappa shape index (κ3) is 2.35. The first-order valence-electron chi connectivity index (χ1n) is 5.83. The molecule has 0 aliphatic rings. The lowest BCUT2D eigenvalue weighted by atomic mass is 10.1. The number of nitrogens with zero attached hydrogens (tertiary/aromatic N) is 1. The van der Waals surface area contributed by atoms with Crippen molar-refractivity contribution < 1.29 is 9.18 Å². The number of benzene rings is 2. The van der Waals surface area contributed by atoms with Crippen LogP contribution >= 0.6 is 11.6 Å². The maximum atomic E-state index is 13.6. The van der Waals surface area contributed by atoms with E-state index >= 15 is 0 Å². The van der Waals surface area contributed by atoms with Gasteiger partial charge in [-0.2, -0.15) is 5.10 Å². The van der Waals surface area contributed by atoms with Gasteiger partial charge >= 0.3 is 0 Å². The topological polar surface area (TPSA) is 57.8 Å². The van der Waals surface area contributed by atoms with E-state index in [9.17, 15) is 9.18 Å². The highest BCUT2D eigenvalue weighted by atomic mass is 35.5. The minimum atomic E-state index is -0.537. The second-order valence-corrected chi connectivity index (χ2v) is 4.69. The normalized spacial score (nSPS) is 10.7. The quantitative estimate of drug-likeness (QED) is 0.757. The highest BCUT2D eigenvalue weighted by Gasteiger charge is 2.10. The van der Waals surface area contributed by atoms with E-state index < -0.39 is 11.7 Å². The summed E-state index contributed by atoms with van der Waals surface area (Å²) in [7, 11) is 0. The molecule has 0 fully saturated rings. The number of rotatable bonds is 2. The van der Waals surface area contributed by atoms with E-state index in [0.717, 1.165) is 10.9 Å². The lowest BCUT2D eigenvalue weighted by Gasteiger charge is -2.07. The summed E-state index contributed by atoms with van der Waals surface area (Å²) in [5, 5.41) is 10.4. The Morgan fingerprint density at radius 3 is 2.95 bits per heavy atom. The van der Waals surface area contributed by atoms with Gasteiger partial charge in [-0.1, -0.05) is 17.7 Å². The molecule has 20 heavy (non-hydrogen) atoms. The molecule has 3 aromatic rings. The number of carbonyl (C=O) groups is 1. The summed E-state index contributed by atoms with van der Waals surface area (Å²) in [5.41, 5.74) is 1.19. The van der Waals surface area contributed by atoms with Gasteiger partial charge in [-0.25, -0.2) is 4.39 Å². The third-order valence-corrected chi connectivity index (χ3v) is 3.12. The Morgan fingerprint density at radius 1 is 1.25 bits per heavy atom. The van der Waals surface area contributed by atoms with E-state index in [-0.39, 0.29) is 5.69 Å². The molecule has 4 nitrogen and oxygen atoms in total. The standard InChI is InChI=1S/C14H9ClFN3O/c15-10-3-4-11(16)13(6-10)18-14(20)8-1-2-9-7-17-19-12(9)5-8/h1-7H,(H,17,19)(H,18,20). The molecule has 0 unspecified atom stereocenters. The Labute approximate surface area is 118 Å². The number of H-pyrrole nitrogens is 1. The summed E-state index contributed by atoms with van der Waals surface area (Å²) >= 11 is 5.78. The Morgan fingerprint density at radius 2 is 2.10 bits per heavy atom. The summed E-state index contributed by atoms with van der Waals surface area (Å²) in [6.07, 6.45) is 1.66. The number of hydrogen-bond donors (Lipinski definition) is 2. The van der Waals surface area contributed by atoms with Gasteiger partial charge in [0.25, 0.3) is 5.91 Å². The molecule has 0 atom stereocenters. The van der Waals surface area contributed by atoms with Crippen molar-refractivity contribution >= 4 is 34.1 Å². The first-order chi connectivity index (χ1) is 9.63. The predicted octanol–water partition coefficient (Wildman–Crippen LogP) is 3.61. The van der Waals surface area contributed by atoms with Crippen molar-refractivity contribution in [1.29, 1.82) is 0 Å². The molecule has 3 rings (SSSR count). The first-order valence-corrected chi connectivity index (χ1v) is 6.21. The average molecular weight is 290 g/mol. The second-order valence-electron chi connectivity index (χ2n) is 4.25. The van der Waals surface area contributed by atoms with Crippen LogP contribution in [-0.4, -0.2) is 16.1 Å². The number of hydrogen-bond acceptors (Lipinski definition) is 2. The third-order valence-electron chi connectivity index (χ3n) is 2.88.